The average molecular weight is 375 g/mol. The third-order valence-electron chi connectivity index (χ3n) is 5.33. The number of hydroxylamine groups is 2. The SMILES string of the molecule is CC1(C)CC(NC(=O)CC2O[C@H](CO)[C@@H](O)[C@H](O)[C@@H]2O)CC(C)(C)N1[O]. The summed E-state index contributed by atoms with van der Waals surface area (Å²) in [5.41, 5.74) is -1.24. The van der Waals surface area contributed by atoms with Crippen molar-refractivity contribution in [2.24, 2.45) is 0 Å². The van der Waals surface area contributed by atoms with Gasteiger partial charge in [0.2, 0.25) is 5.91 Å². The van der Waals surface area contributed by atoms with Crippen molar-refractivity contribution < 1.29 is 35.2 Å². The zero-order chi connectivity index (χ0) is 19.9. The summed E-state index contributed by atoms with van der Waals surface area (Å²) in [6, 6.07) is -0.206. The van der Waals surface area contributed by atoms with E-state index in [1.54, 1.807) is 0 Å². The van der Waals surface area contributed by atoms with Crippen molar-refractivity contribution in [3.63, 3.8) is 0 Å². The number of hydrogen-bond acceptors (Lipinski definition) is 7. The number of carbonyl (C=O) groups excluding carboxylic acids is 1. The summed E-state index contributed by atoms with van der Waals surface area (Å²) < 4.78 is 5.36. The van der Waals surface area contributed by atoms with E-state index in [-0.39, 0.29) is 18.4 Å². The number of hydrogen-bond donors (Lipinski definition) is 5. The summed E-state index contributed by atoms with van der Waals surface area (Å²) in [6.07, 6.45) is -5.70. The number of aliphatic hydroxyl groups is 4. The van der Waals surface area contributed by atoms with Crippen LogP contribution >= 0.6 is 0 Å². The van der Waals surface area contributed by atoms with Gasteiger partial charge < -0.3 is 30.5 Å². The molecule has 0 bridgehead atoms. The molecule has 0 saturated carbocycles. The summed E-state index contributed by atoms with van der Waals surface area (Å²) in [4.78, 5) is 12.4. The van der Waals surface area contributed by atoms with Gasteiger partial charge in [0.1, 0.15) is 24.4 Å². The first-order chi connectivity index (χ1) is 11.9. The van der Waals surface area contributed by atoms with Crippen molar-refractivity contribution >= 4 is 5.91 Å². The monoisotopic (exact) mass is 375 g/mol. The molecule has 2 aliphatic heterocycles. The Hall–Kier alpha value is -0.810. The number of amides is 1. The van der Waals surface area contributed by atoms with E-state index in [2.05, 4.69) is 5.32 Å². The molecule has 0 aromatic rings. The molecular weight excluding hydrogens is 344 g/mol. The third-order valence-corrected chi connectivity index (χ3v) is 5.33. The summed E-state index contributed by atoms with van der Waals surface area (Å²) in [7, 11) is 0. The highest BCUT2D eigenvalue weighted by atomic mass is 16.5. The fourth-order valence-electron chi connectivity index (χ4n) is 4.18. The molecular formula is C17H31N2O7. The van der Waals surface area contributed by atoms with Gasteiger partial charge in [-0.3, -0.25) is 4.79 Å². The molecule has 2 aliphatic rings. The highest BCUT2D eigenvalue weighted by Gasteiger charge is 2.47. The maximum Gasteiger partial charge on any atom is 0.222 e. The van der Waals surface area contributed by atoms with Gasteiger partial charge in [-0.25, -0.2) is 0 Å². The minimum Gasteiger partial charge on any atom is -0.394 e. The lowest BCUT2D eigenvalue weighted by atomic mass is 9.79. The zero-order valence-electron chi connectivity index (χ0n) is 15.8. The zero-order valence-corrected chi connectivity index (χ0v) is 15.8. The average Bonchev–Trinajstić information content (AvgIpc) is 2.52. The number of aliphatic hydroxyl groups excluding tert-OH is 4. The van der Waals surface area contributed by atoms with Gasteiger partial charge in [0.05, 0.1) is 19.1 Å². The van der Waals surface area contributed by atoms with Gasteiger partial charge in [0.25, 0.3) is 0 Å². The van der Waals surface area contributed by atoms with E-state index >= 15 is 0 Å². The normalized spacial score (nSPS) is 38.1. The molecule has 0 aromatic heterocycles. The van der Waals surface area contributed by atoms with E-state index < -0.39 is 48.2 Å². The van der Waals surface area contributed by atoms with Crippen molar-refractivity contribution in [2.75, 3.05) is 6.61 Å². The molecule has 2 rings (SSSR count). The minimum atomic E-state index is -1.50. The standard InChI is InChI=1S/C17H31N2O7/c1-16(2)6-9(7-17(3,4)19(16)25)18-12(21)5-10-13(22)15(24)14(23)11(8-20)26-10/h9-11,13-15,20,22-24H,5-8H2,1-4H3,(H,18,21)/t10?,11-,13-,14-,15-/m1/s1. The molecule has 0 aromatic carbocycles. The lowest BCUT2D eigenvalue weighted by Gasteiger charge is -2.50. The van der Waals surface area contributed by atoms with Gasteiger partial charge >= 0.3 is 0 Å². The van der Waals surface area contributed by atoms with Crippen molar-refractivity contribution in [1.29, 1.82) is 0 Å². The summed E-state index contributed by atoms with van der Waals surface area (Å²) >= 11 is 0. The van der Waals surface area contributed by atoms with Crippen LogP contribution < -0.4 is 5.32 Å². The molecule has 1 amide bonds. The number of piperidine rings is 1. The Kier molecular flexibility index (Phi) is 6.34. The lowest BCUT2D eigenvalue weighted by Crippen LogP contribution is -2.63. The summed E-state index contributed by atoms with van der Waals surface area (Å²) in [5, 5.41) is 55.1. The second kappa shape index (κ2) is 7.67. The quantitative estimate of drug-likeness (QED) is 0.411. The van der Waals surface area contributed by atoms with Crippen molar-refractivity contribution in [1.82, 2.24) is 10.4 Å². The maximum absolute atomic E-state index is 12.4. The maximum atomic E-state index is 12.4. The molecule has 5 N–H and O–H groups in total. The van der Waals surface area contributed by atoms with Crippen LogP contribution in [0.25, 0.3) is 0 Å². The minimum absolute atomic E-state index is 0.206. The second-order valence-corrected chi connectivity index (χ2v) is 8.66. The van der Waals surface area contributed by atoms with E-state index in [1.807, 2.05) is 27.7 Å². The van der Waals surface area contributed by atoms with Crippen LogP contribution in [0.3, 0.4) is 0 Å². The predicted octanol–water partition coefficient (Wildman–Crippen LogP) is -1.30. The smallest absolute Gasteiger partial charge is 0.222 e. The van der Waals surface area contributed by atoms with Crippen LogP contribution in [0.4, 0.5) is 0 Å². The molecule has 26 heavy (non-hydrogen) atoms. The predicted molar refractivity (Wildman–Crippen MR) is 90.2 cm³/mol. The first kappa shape index (κ1) is 21.5. The molecule has 2 fully saturated rings. The van der Waals surface area contributed by atoms with Gasteiger partial charge in [-0.2, -0.15) is 0 Å². The molecule has 9 nitrogen and oxygen atoms in total. The highest BCUT2D eigenvalue weighted by Crippen LogP contribution is 2.37. The molecule has 2 heterocycles. The Bertz CT molecular complexity index is 493. The van der Waals surface area contributed by atoms with Crippen molar-refractivity contribution in [3.05, 3.63) is 0 Å². The topological polar surface area (TPSA) is 142 Å². The van der Waals surface area contributed by atoms with E-state index in [9.17, 15) is 30.4 Å². The molecule has 1 unspecified atom stereocenters. The van der Waals surface area contributed by atoms with E-state index in [4.69, 9.17) is 4.74 Å². The van der Waals surface area contributed by atoms with Crippen LogP contribution in [-0.2, 0) is 14.7 Å². The van der Waals surface area contributed by atoms with E-state index in [0.29, 0.717) is 12.8 Å². The van der Waals surface area contributed by atoms with Crippen LogP contribution in [0.15, 0.2) is 0 Å². The van der Waals surface area contributed by atoms with Gasteiger partial charge in [-0.05, 0) is 40.5 Å². The number of rotatable bonds is 4. The fourth-order valence-corrected chi connectivity index (χ4v) is 4.18. The van der Waals surface area contributed by atoms with Gasteiger partial charge in [0.15, 0.2) is 0 Å². The molecule has 2 saturated heterocycles. The van der Waals surface area contributed by atoms with Crippen LogP contribution in [0.5, 0.6) is 0 Å². The van der Waals surface area contributed by atoms with Gasteiger partial charge in [-0.15, -0.1) is 10.3 Å². The van der Waals surface area contributed by atoms with Crippen LogP contribution in [0, 0.1) is 0 Å². The Morgan fingerprint density at radius 1 is 1.04 bits per heavy atom. The van der Waals surface area contributed by atoms with Crippen molar-refractivity contribution in [2.45, 2.75) is 94.6 Å². The molecule has 5 atom stereocenters. The Labute approximate surface area is 153 Å². The Morgan fingerprint density at radius 3 is 2.04 bits per heavy atom. The Morgan fingerprint density at radius 2 is 1.54 bits per heavy atom. The largest absolute Gasteiger partial charge is 0.394 e. The number of carbonyl (C=O) groups is 1. The molecule has 1 radical (unpaired) electrons. The van der Waals surface area contributed by atoms with Gasteiger partial charge in [-0.1, -0.05) is 0 Å². The number of nitrogens with one attached hydrogen (secondary N) is 1. The van der Waals surface area contributed by atoms with E-state index in [0.717, 1.165) is 5.06 Å². The first-order valence-corrected chi connectivity index (χ1v) is 8.96. The van der Waals surface area contributed by atoms with Crippen LogP contribution in [-0.4, -0.2) is 85.6 Å². The summed E-state index contributed by atoms with van der Waals surface area (Å²) in [6.45, 7) is 6.79. The van der Waals surface area contributed by atoms with Gasteiger partial charge in [0, 0.05) is 17.1 Å². The number of nitrogens with zero attached hydrogens (tertiary/aromatic N) is 1. The highest BCUT2D eigenvalue weighted by molar-refractivity contribution is 5.77. The fraction of sp³-hybridized carbons (Fsp3) is 0.941. The first-order valence-electron chi connectivity index (χ1n) is 8.96. The third kappa shape index (κ3) is 4.36. The lowest BCUT2D eigenvalue weighted by molar-refractivity contribution is -0.290. The molecule has 0 aliphatic carbocycles. The van der Waals surface area contributed by atoms with E-state index in [1.165, 1.54) is 0 Å². The van der Waals surface area contributed by atoms with Crippen LogP contribution in [0.2, 0.25) is 0 Å². The molecule has 9 heteroatoms. The second-order valence-electron chi connectivity index (χ2n) is 8.66. The van der Waals surface area contributed by atoms with Crippen molar-refractivity contribution in [3.8, 4) is 0 Å². The summed E-state index contributed by atoms with van der Waals surface area (Å²) in [5.74, 6) is -0.384. The molecule has 0 spiro atoms. The molecule has 151 valence electrons. The Balaban J connectivity index is 1.98. The van der Waals surface area contributed by atoms with Crippen LogP contribution in [0.1, 0.15) is 47.0 Å². The number of ether oxygens (including phenoxy) is 1.